The van der Waals surface area contributed by atoms with Gasteiger partial charge in [-0.05, 0) is 31.5 Å². The first-order valence-corrected chi connectivity index (χ1v) is 9.18. The summed E-state index contributed by atoms with van der Waals surface area (Å²) >= 11 is 5.92. The first kappa shape index (κ1) is 18.8. The monoisotopic (exact) mass is 378 g/mol. The molecule has 2 atom stereocenters. The van der Waals surface area contributed by atoms with Crippen LogP contribution in [0.25, 0.3) is 10.9 Å². The number of aliphatic hydroxyl groups excluding tert-OH is 1. The quantitative estimate of drug-likeness (QED) is 0.489. The highest BCUT2D eigenvalue weighted by Gasteiger charge is 2.30. The predicted molar refractivity (Wildman–Crippen MR) is 103 cm³/mol. The van der Waals surface area contributed by atoms with Crippen LogP contribution in [-0.4, -0.2) is 58.2 Å². The Kier molecular flexibility index (Phi) is 5.60. The maximum Gasteiger partial charge on any atom is 0.294 e. The minimum atomic E-state index is -0.388. The second-order valence-electron chi connectivity index (χ2n) is 6.78. The fraction of sp³-hybridized carbons (Fsp3) is 0.500. The number of benzene rings is 1. The van der Waals surface area contributed by atoms with Crippen LogP contribution in [0.15, 0.2) is 24.3 Å². The molecular weight excluding hydrogens is 356 g/mol. The summed E-state index contributed by atoms with van der Waals surface area (Å²) < 4.78 is 0. The van der Waals surface area contributed by atoms with Gasteiger partial charge in [-0.1, -0.05) is 18.5 Å². The van der Waals surface area contributed by atoms with E-state index in [4.69, 9.17) is 11.6 Å². The van der Waals surface area contributed by atoms with E-state index in [2.05, 4.69) is 21.7 Å². The van der Waals surface area contributed by atoms with Gasteiger partial charge in [-0.15, -0.1) is 0 Å². The summed E-state index contributed by atoms with van der Waals surface area (Å²) in [6, 6.07) is 7.10. The van der Waals surface area contributed by atoms with E-state index in [0.717, 1.165) is 18.4 Å². The molecule has 8 heteroatoms. The summed E-state index contributed by atoms with van der Waals surface area (Å²) in [5.74, 6) is 0. The first-order valence-electron chi connectivity index (χ1n) is 8.80. The van der Waals surface area contributed by atoms with Crippen molar-refractivity contribution in [3.63, 3.8) is 0 Å². The van der Waals surface area contributed by atoms with Crippen LogP contribution in [0.1, 0.15) is 20.3 Å². The molecule has 1 aromatic heterocycles. The Morgan fingerprint density at radius 2 is 2.19 bits per heavy atom. The number of piperazine rings is 1. The number of aliphatic hydroxyl groups is 1. The molecule has 0 aliphatic carbocycles. The fourth-order valence-electron chi connectivity index (χ4n) is 3.60. The second kappa shape index (κ2) is 7.73. The number of nitro groups is 1. The number of rotatable bonds is 5. The molecule has 1 aliphatic heterocycles. The van der Waals surface area contributed by atoms with Gasteiger partial charge in [0.2, 0.25) is 0 Å². The molecular formula is C18H23ClN4O3. The molecule has 0 saturated carbocycles. The van der Waals surface area contributed by atoms with Gasteiger partial charge >= 0.3 is 0 Å². The molecule has 0 bridgehead atoms. The van der Waals surface area contributed by atoms with E-state index in [1.165, 1.54) is 6.07 Å². The molecule has 2 heterocycles. The number of hydrogen-bond acceptors (Lipinski definition) is 6. The van der Waals surface area contributed by atoms with E-state index in [-0.39, 0.29) is 22.8 Å². The zero-order valence-corrected chi connectivity index (χ0v) is 15.7. The molecule has 3 rings (SSSR count). The van der Waals surface area contributed by atoms with Crippen molar-refractivity contribution >= 4 is 33.9 Å². The van der Waals surface area contributed by atoms with Crippen molar-refractivity contribution in [2.24, 2.45) is 0 Å². The summed E-state index contributed by atoms with van der Waals surface area (Å²) in [5, 5.41) is 22.5. The van der Waals surface area contributed by atoms with Crippen LogP contribution in [-0.2, 0) is 0 Å². The number of β-amino-alcohol motifs (C(OH)–C–C–N with tert-alkyl or cyclic N) is 1. The standard InChI is InChI=1S/C18H23ClN4O3/c1-3-14-11-22(7-6-21(14)10-12(2)24)16-8-13-4-5-18(19)20-15(13)9-17(16)23(25)26/h4-5,8-9,12,14,24H,3,6-7,10-11H2,1-2H3/t12-,14+/m0/s1. The van der Waals surface area contributed by atoms with E-state index in [9.17, 15) is 15.2 Å². The molecule has 1 aliphatic rings. The summed E-state index contributed by atoms with van der Waals surface area (Å²) in [7, 11) is 0. The van der Waals surface area contributed by atoms with Crippen molar-refractivity contribution in [1.29, 1.82) is 0 Å². The van der Waals surface area contributed by atoms with E-state index in [0.29, 0.717) is 36.0 Å². The molecule has 7 nitrogen and oxygen atoms in total. The lowest BCUT2D eigenvalue weighted by Gasteiger charge is -2.42. The highest BCUT2D eigenvalue weighted by Crippen LogP contribution is 2.34. The van der Waals surface area contributed by atoms with Crippen LogP contribution in [0, 0.1) is 10.1 Å². The van der Waals surface area contributed by atoms with Crippen LogP contribution >= 0.6 is 11.6 Å². The van der Waals surface area contributed by atoms with Gasteiger partial charge in [0.05, 0.1) is 16.5 Å². The van der Waals surface area contributed by atoms with Crippen LogP contribution in [0.4, 0.5) is 11.4 Å². The molecule has 0 radical (unpaired) electrons. The normalized spacial score (nSPS) is 19.7. The number of nitro benzene ring substituents is 1. The lowest BCUT2D eigenvalue weighted by molar-refractivity contribution is -0.384. The molecule has 1 N–H and O–H groups in total. The lowest BCUT2D eigenvalue weighted by Crippen LogP contribution is -2.54. The van der Waals surface area contributed by atoms with Crippen LogP contribution in [0.3, 0.4) is 0 Å². The largest absolute Gasteiger partial charge is 0.392 e. The average Bonchev–Trinajstić information content (AvgIpc) is 2.60. The van der Waals surface area contributed by atoms with Gasteiger partial charge in [-0.3, -0.25) is 15.0 Å². The topological polar surface area (TPSA) is 82.7 Å². The van der Waals surface area contributed by atoms with Crippen LogP contribution < -0.4 is 4.90 Å². The van der Waals surface area contributed by atoms with Gasteiger partial charge in [0.25, 0.3) is 5.69 Å². The summed E-state index contributed by atoms with van der Waals surface area (Å²) in [6.45, 7) is 6.63. The zero-order valence-electron chi connectivity index (χ0n) is 14.9. The second-order valence-corrected chi connectivity index (χ2v) is 7.16. The Bertz CT molecular complexity index is 814. The zero-order chi connectivity index (χ0) is 18.8. The van der Waals surface area contributed by atoms with Crippen LogP contribution in [0.2, 0.25) is 5.15 Å². The Labute approximate surface area is 157 Å². The van der Waals surface area contributed by atoms with E-state index < -0.39 is 0 Å². The minimum Gasteiger partial charge on any atom is -0.392 e. The van der Waals surface area contributed by atoms with Crippen molar-refractivity contribution in [2.45, 2.75) is 32.4 Å². The van der Waals surface area contributed by atoms with E-state index >= 15 is 0 Å². The van der Waals surface area contributed by atoms with Crippen molar-refractivity contribution in [1.82, 2.24) is 9.88 Å². The third kappa shape index (κ3) is 3.90. The summed E-state index contributed by atoms with van der Waals surface area (Å²) in [6.07, 6.45) is 0.531. The first-order chi connectivity index (χ1) is 12.4. The van der Waals surface area contributed by atoms with Crippen molar-refractivity contribution < 1.29 is 10.0 Å². The summed E-state index contributed by atoms with van der Waals surface area (Å²) in [5.41, 5.74) is 1.18. The Morgan fingerprint density at radius 1 is 1.42 bits per heavy atom. The highest BCUT2D eigenvalue weighted by atomic mass is 35.5. The van der Waals surface area contributed by atoms with Crippen molar-refractivity contribution in [2.75, 3.05) is 31.1 Å². The third-order valence-electron chi connectivity index (χ3n) is 4.86. The lowest BCUT2D eigenvalue weighted by atomic mass is 10.1. The SMILES string of the molecule is CC[C@@H]1CN(c2cc3ccc(Cl)nc3cc2[N+](=O)[O-])CCN1C[C@H](C)O. The Morgan fingerprint density at radius 3 is 2.85 bits per heavy atom. The highest BCUT2D eigenvalue weighted by molar-refractivity contribution is 6.29. The fourth-order valence-corrected chi connectivity index (χ4v) is 3.76. The number of aromatic nitrogens is 1. The smallest absolute Gasteiger partial charge is 0.294 e. The summed E-state index contributed by atoms with van der Waals surface area (Å²) in [4.78, 5) is 19.8. The van der Waals surface area contributed by atoms with E-state index in [1.807, 2.05) is 12.1 Å². The molecule has 1 fully saturated rings. The van der Waals surface area contributed by atoms with Crippen molar-refractivity contribution in [3.05, 3.63) is 39.5 Å². The third-order valence-corrected chi connectivity index (χ3v) is 5.07. The minimum absolute atomic E-state index is 0.0473. The molecule has 1 saturated heterocycles. The number of pyridine rings is 1. The van der Waals surface area contributed by atoms with Crippen molar-refractivity contribution in [3.8, 4) is 0 Å². The van der Waals surface area contributed by atoms with Gasteiger partial charge in [0, 0.05) is 43.7 Å². The van der Waals surface area contributed by atoms with Gasteiger partial charge in [0.15, 0.2) is 0 Å². The number of hydrogen-bond donors (Lipinski definition) is 1. The number of halogens is 1. The average molecular weight is 379 g/mol. The maximum atomic E-state index is 11.6. The van der Waals surface area contributed by atoms with Gasteiger partial charge in [-0.25, -0.2) is 4.98 Å². The van der Waals surface area contributed by atoms with Gasteiger partial charge in [0.1, 0.15) is 10.8 Å². The number of fused-ring (bicyclic) bond motifs is 1. The Balaban J connectivity index is 1.95. The van der Waals surface area contributed by atoms with Gasteiger partial charge < -0.3 is 10.0 Å². The molecule has 0 unspecified atom stereocenters. The molecule has 1 aromatic carbocycles. The molecule has 0 spiro atoms. The van der Waals surface area contributed by atoms with Crippen LogP contribution in [0.5, 0.6) is 0 Å². The maximum absolute atomic E-state index is 11.6. The van der Waals surface area contributed by atoms with Gasteiger partial charge in [-0.2, -0.15) is 0 Å². The van der Waals surface area contributed by atoms with E-state index in [1.54, 1.807) is 13.0 Å². The molecule has 2 aromatic rings. The predicted octanol–water partition coefficient (Wildman–Crippen LogP) is 3.08. The number of nitrogens with zero attached hydrogens (tertiary/aromatic N) is 4. The Hall–Kier alpha value is -1.96. The molecule has 140 valence electrons. The number of anilines is 1. The molecule has 26 heavy (non-hydrogen) atoms. The molecule has 0 amide bonds.